The Morgan fingerprint density at radius 1 is 1.43 bits per heavy atom. The van der Waals surface area contributed by atoms with Gasteiger partial charge in [0.1, 0.15) is 11.9 Å². The average Bonchev–Trinajstić information content (AvgIpc) is 3.09. The molecule has 30 heavy (non-hydrogen) atoms. The molecule has 0 spiro atoms. The van der Waals surface area contributed by atoms with Gasteiger partial charge in [0.05, 0.1) is 11.3 Å². The van der Waals surface area contributed by atoms with Crippen LogP contribution in [0.3, 0.4) is 0 Å². The second kappa shape index (κ2) is 7.56. The van der Waals surface area contributed by atoms with E-state index in [1.165, 1.54) is 0 Å². The molecule has 0 bridgehead atoms. The molecule has 2 aromatic rings. The standard InChI is InChI=1S/C24H26N4O2/c1-15-27-23-20(9-8-18-12-21(29)17(14-25)13-24(18,23)2)28(15)19-6-4-5-16(11-19)7-10-22(30)26-3/h4-6,11,13,18H,7-10,12H2,1-3H3,(H,26,30). The van der Waals surface area contributed by atoms with Crippen LogP contribution < -0.4 is 5.32 Å². The van der Waals surface area contributed by atoms with E-state index in [1.54, 1.807) is 7.05 Å². The van der Waals surface area contributed by atoms with E-state index in [0.29, 0.717) is 19.3 Å². The summed E-state index contributed by atoms with van der Waals surface area (Å²) in [5.74, 6) is 1.05. The van der Waals surface area contributed by atoms with Gasteiger partial charge in [-0.1, -0.05) is 25.1 Å². The van der Waals surface area contributed by atoms with E-state index in [0.717, 1.165) is 41.3 Å². The topological polar surface area (TPSA) is 87.8 Å². The first-order valence-electron chi connectivity index (χ1n) is 10.4. The Morgan fingerprint density at radius 2 is 2.23 bits per heavy atom. The number of aryl methyl sites for hydroxylation is 2. The molecule has 2 aliphatic rings. The van der Waals surface area contributed by atoms with Gasteiger partial charge in [0.25, 0.3) is 0 Å². The predicted molar refractivity (Wildman–Crippen MR) is 113 cm³/mol. The molecule has 2 unspecified atom stereocenters. The molecule has 2 aliphatic carbocycles. The van der Waals surface area contributed by atoms with Crippen molar-refractivity contribution in [3.05, 3.63) is 58.7 Å². The van der Waals surface area contributed by atoms with Crippen LogP contribution in [-0.4, -0.2) is 28.3 Å². The molecule has 6 nitrogen and oxygen atoms in total. The van der Waals surface area contributed by atoms with Gasteiger partial charge < -0.3 is 9.88 Å². The summed E-state index contributed by atoms with van der Waals surface area (Å²) < 4.78 is 2.19. The van der Waals surface area contributed by atoms with Crippen molar-refractivity contribution in [3.63, 3.8) is 0 Å². The highest BCUT2D eigenvalue weighted by Crippen LogP contribution is 2.47. The first kappa shape index (κ1) is 20.1. The van der Waals surface area contributed by atoms with Crippen LogP contribution in [0.4, 0.5) is 0 Å². The summed E-state index contributed by atoms with van der Waals surface area (Å²) in [5.41, 5.74) is 4.12. The van der Waals surface area contributed by atoms with E-state index in [2.05, 4.69) is 35.0 Å². The van der Waals surface area contributed by atoms with Gasteiger partial charge in [-0.2, -0.15) is 5.26 Å². The van der Waals surface area contributed by atoms with Crippen molar-refractivity contribution < 1.29 is 9.59 Å². The Bertz CT molecular complexity index is 1100. The lowest BCUT2D eigenvalue weighted by Gasteiger charge is -2.41. The van der Waals surface area contributed by atoms with Crippen LogP contribution in [-0.2, 0) is 27.8 Å². The van der Waals surface area contributed by atoms with Crippen molar-refractivity contribution in [3.8, 4) is 11.8 Å². The van der Waals surface area contributed by atoms with Crippen LogP contribution in [0.25, 0.3) is 5.69 Å². The number of nitrogens with one attached hydrogen (secondary N) is 1. The van der Waals surface area contributed by atoms with Gasteiger partial charge in [-0.15, -0.1) is 0 Å². The number of imidazole rings is 1. The molecule has 154 valence electrons. The maximum atomic E-state index is 12.3. The molecule has 6 heteroatoms. The van der Waals surface area contributed by atoms with Gasteiger partial charge in [0.15, 0.2) is 5.78 Å². The number of benzene rings is 1. The van der Waals surface area contributed by atoms with Gasteiger partial charge >= 0.3 is 0 Å². The fourth-order valence-electron chi connectivity index (χ4n) is 4.93. The van der Waals surface area contributed by atoms with Crippen LogP contribution in [0.15, 0.2) is 35.9 Å². The minimum absolute atomic E-state index is 0.0301. The number of allylic oxidation sites excluding steroid dienone is 2. The Morgan fingerprint density at radius 3 is 2.97 bits per heavy atom. The number of hydrogen-bond donors (Lipinski definition) is 1. The van der Waals surface area contributed by atoms with Crippen molar-refractivity contribution in [2.75, 3.05) is 7.05 Å². The number of amides is 1. The Balaban J connectivity index is 1.75. The van der Waals surface area contributed by atoms with E-state index >= 15 is 0 Å². The van der Waals surface area contributed by atoms with Crippen LogP contribution in [0.1, 0.15) is 49.0 Å². The smallest absolute Gasteiger partial charge is 0.220 e. The molecule has 0 radical (unpaired) electrons. The maximum Gasteiger partial charge on any atom is 0.220 e. The molecule has 1 aromatic heterocycles. The molecule has 1 aromatic carbocycles. The summed E-state index contributed by atoms with van der Waals surface area (Å²) >= 11 is 0. The first-order valence-corrected chi connectivity index (χ1v) is 10.4. The van der Waals surface area contributed by atoms with E-state index in [-0.39, 0.29) is 23.2 Å². The highest BCUT2D eigenvalue weighted by Gasteiger charge is 2.46. The quantitative estimate of drug-likeness (QED) is 0.851. The monoisotopic (exact) mass is 402 g/mol. The molecule has 0 fully saturated rings. The Labute approximate surface area is 176 Å². The largest absolute Gasteiger partial charge is 0.359 e. The minimum Gasteiger partial charge on any atom is -0.359 e. The molecule has 0 aliphatic heterocycles. The summed E-state index contributed by atoms with van der Waals surface area (Å²) in [6.07, 6.45) is 5.14. The zero-order chi connectivity index (χ0) is 21.5. The van der Waals surface area contributed by atoms with Crippen molar-refractivity contribution in [2.24, 2.45) is 5.92 Å². The molecule has 1 N–H and O–H groups in total. The molecule has 0 saturated carbocycles. The first-order chi connectivity index (χ1) is 14.4. The summed E-state index contributed by atoms with van der Waals surface area (Å²) in [7, 11) is 1.65. The van der Waals surface area contributed by atoms with Crippen molar-refractivity contribution >= 4 is 11.7 Å². The Kier molecular flexibility index (Phi) is 5.07. The Hall–Kier alpha value is -3.20. The van der Waals surface area contributed by atoms with Crippen molar-refractivity contribution in [1.29, 1.82) is 5.26 Å². The molecular weight excluding hydrogens is 376 g/mol. The lowest BCUT2D eigenvalue weighted by Crippen LogP contribution is -2.40. The number of hydrogen-bond acceptors (Lipinski definition) is 4. The predicted octanol–water partition coefficient (Wildman–Crippen LogP) is 3.10. The van der Waals surface area contributed by atoms with Gasteiger partial charge in [0, 0.05) is 36.7 Å². The zero-order valence-electron chi connectivity index (χ0n) is 17.7. The minimum atomic E-state index is -0.403. The van der Waals surface area contributed by atoms with Gasteiger partial charge in [-0.05, 0) is 49.8 Å². The number of rotatable bonds is 4. The fourth-order valence-corrected chi connectivity index (χ4v) is 4.93. The molecule has 1 amide bonds. The number of ketones is 1. The van der Waals surface area contributed by atoms with Crippen LogP contribution in [0, 0.1) is 24.2 Å². The van der Waals surface area contributed by atoms with Gasteiger partial charge in [-0.3, -0.25) is 9.59 Å². The fraction of sp³-hybridized carbons (Fsp3) is 0.417. The summed E-state index contributed by atoms with van der Waals surface area (Å²) in [6.45, 7) is 4.10. The second-order valence-corrected chi connectivity index (χ2v) is 8.45. The average molecular weight is 402 g/mol. The van der Waals surface area contributed by atoms with Crippen LogP contribution in [0.2, 0.25) is 0 Å². The number of carbonyl (C=O) groups is 2. The second-order valence-electron chi connectivity index (χ2n) is 8.45. The normalized spacial score (nSPS) is 22.5. The van der Waals surface area contributed by atoms with E-state index in [1.807, 2.05) is 25.1 Å². The molecular formula is C24H26N4O2. The van der Waals surface area contributed by atoms with Crippen molar-refractivity contribution in [2.45, 2.75) is 51.4 Å². The van der Waals surface area contributed by atoms with Gasteiger partial charge in [0.2, 0.25) is 5.91 Å². The summed E-state index contributed by atoms with van der Waals surface area (Å²) in [4.78, 5) is 28.8. The highest BCUT2D eigenvalue weighted by atomic mass is 16.1. The third kappa shape index (κ3) is 3.24. The number of nitriles is 1. The molecule has 4 rings (SSSR count). The summed E-state index contributed by atoms with van der Waals surface area (Å²) in [6, 6.07) is 10.3. The van der Waals surface area contributed by atoms with E-state index in [9.17, 15) is 14.9 Å². The SMILES string of the molecule is CNC(=O)CCc1cccc(-n2c(C)nc3c2CCC2CC(=O)C(C#N)=CC32C)c1. The summed E-state index contributed by atoms with van der Waals surface area (Å²) in [5, 5.41) is 12.1. The lowest BCUT2D eigenvalue weighted by atomic mass is 9.62. The van der Waals surface area contributed by atoms with E-state index < -0.39 is 5.41 Å². The molecule has 2 atom stereocenters. The molecule has 1 heterocycles. The number of fused-ring (bicyclic) bond motifs is 3. The molecule has 0 saturated heterocycles. The zero-order valence-corrected chi connectivity index (χ0v) is 17.7. The third-order valence-electron chi connectivity index (χ3n) is 6.61. The van der Waals surface area contributed by atoms with Crippen LogP contribution in [0.5, 0.6) is 0 Å². The third-order valence-corrected chi connectivity index (χ3v) is 6.61. The number of Topliss-reactive ketones (excluding diaryl/α,β-unsaturated/α-hetero) is 1. The van der Waals surface area contributed by atoms with Gasteiger partial charge in [-0.25, -0.2) is 4.98 Å². The van der Waals surface area contributed by atoms with Crippen molar-refractivity contribution in [1.82, 2.24) is 14.9 Å². The van der Waals surface area contributed by atoms with E-state index in [4.69, 9.17) is 4.98 Å². The lowest BCUT2D eigenvalue weighted by molar-refractivity contribution is -0.120. The number of aromatic nitrogens is 2. The van der Waals surface area contributed by atoms with Crippen LogP contribution >= 0.6 is 0 Å². The maximum absolute atomic E-state index is 12.3. The number of nitrogens with zero attached hydrogens (tertiary/aromatic N) is 3. The highest BCUT2D eigenvalue weighted by molar-refractivity contribution is 6.00. The number of carbonyl (C=O) groups excluding carboxylic acids is 2.